The molecule has 5 nitrogen and oxygen atoms in total. The number of halogens is 4. The molecule has 98 valence electrons. The Morgan fingerprint density at radius 1 is 1.00 bits per heavy atom. The van der Waals surface area contributed by atoms with Gasteiger partial charge in [0.15, 0.2) is 0 Å². The van der Waals surface area contributed by atoms with Crippen LogP contribution in [0.15, 0.2) is 0 Å². The van der Waals surface area contributed by atoms with Gasteiger partial charge < -0.3 is 9.29 Å². The molecule has 0 radical (unpaired) electrons. The maximum Gasteiger partial charge on any atom is 1.00 e. The third kappa shape index (κ3) is 2.88. The van der Waals surface area contributed by atoms with Gasteiger partial charge in [0.2, 0.25) is 5.44 Å². The third-order valence-electron chi connectivity index (χ3n) is 2.22. The Morgan fingerprint density at radius 2 is 1.47 bits per heavy atom. The number of rotatable bonds is 1. The number of carbonyl (C=O) groups excluding carboxylic acids is 1. The molecule has 1 aliphatic heterocycles. The van der Waals surface area contributed by atoms with Crippen LogP contribution in [0.1, 0.15) is 21.4 Å². The van der Waals surface area contributed by atoms with Crippen LogP contribution in [0.3, 0.4) is 0 Å². The van der Waals surface area contributed by atoms with E-state index in [1.165, 1.54) is 0 Å². The summed E-state index contributed by atoms with van der Waals surface area (Å²) in [6, 6.07) is 0. The van der Waals surface area contributed by atoms with Crippen LogP contribution in [0.5, 0.6) is 0 Å². The van der Waals surface area contributed by atoms with E-state index < -0.39 is 21.5 Å². The van der Waals surface area contributed by atoms with Crippen LogP contribution < -0.4 is 29.6 Å². The average Bonchev–Trinajstić information content (AvgIpc) is 2.61. The zero-order valence-corrected chi connectivity index (χ0v) is 14.9. The minimum absolute atomic E-state index is 0. The fourth-order valence-electron chi connectivity index (χ4n) is 1.49. The average molecular weight is 374 g/mol. The van der Waals surface area contributed by atoms with E-state index in [9.17, 15) is 17.8 Å². The topological polar surface area (TPSA) is 83.5 Å². The van der Waals surface area contributed by atoms with Gasteiger partial charge in [-0.25, -0.2) is 13.2 Å². The zero-order chi connectivity index (χ0) is 13.8. The van der Waals surface area contributed by atoms with Crippen LogP contribution in [0, 0.1) is 0 Å². The molecule has 1 aromatic carbocycles. The van der Waals surface area contributed by atoms with Crippen molar-refractivity contribution in [1.82, 2.24) is 0 Å². The normalized spacial score (nSPS) is 17.7. The first-order chi connectivity index (χ1) is 8.16. The van der Waals surface area contributed by atoms with E-state index in [2.05, 4.69) is 4.74 Å². The quantitative estimate of drug-likeness (QED) is 0.228. The minimum atomic E-state index is -4.96. The molecule has 0 saturated carbocycles. The molecule has 0 amide bonds. The number of fused-ring (bicyclic) bond motifs is 1. The van der Waals surface area contributed by atoms with Gasteiger partial charge in [-0.15, -0.1) is 0 Å². The molecule has 2 rings (SSSR count). The van der Waals surface area contributed by atoms with Crippen LogP contribution in [0.2, 0.25) is 20.1 Å². The largest absolute Gasteiger partial charge is 1.00 e. The molecule has 11 heteroatoms. The van der Waals surface area contributed by atoms with E-state index >= 15 is 0 Å². The van der Waals surface area contributed by atoms with E-state index in [4.69, 9.17) is 46.4 Å². The Hall–Kier alpha value is 0.760. The Kier molecular flexibility index (Phi) is 5.50. The predicted molar refractivity (Wildman–Crippen MR) is 64.3 cm³/mol. The molecule has 1 atom stereocenters. The molecule has 0 aromatic heterocycles. The molecule has 1 aliphatic rings. The molecule has 0 aliphatic carbocycles. The Balaban J connectivity index is 0.00000180. The standard InChI is InChI=1S/C8H2Cl4O5S.Na/c9-3-1-2(4(10)6(12)5(3)11)8(17-7(1)13)18(14,15)16;/h8H,(H,14,15,16);/q;+1/p-1. The summed E-state index contributed by atoms with van der Waals surface area (Å²) in [4.78, 5) is 11.5. The number of ether oxygens (including phenoxy) is 1. The summed E-state index contributed by atoms with van der Waals surface area (Å²) in [6.07, 6.45) is 0. The van der Waals surface area contributed by atoms with Crippen molar-refractivity contribution in [3.63, 3.8) is 0 Å². The van der Waals surface area contributed by atoms with Crippen molar-refractivity contribution in [3.05, 3.63) is 31.2 Å². The van der Waals surface area contributed by atoms with Crippen molar-refractivity contribution in [3.8, 4) is 0 Å². The number of carbonyl (C=O) groups is 1. The minimum Gasteiger partial charge on any atom is -0.745 e. The maximum absolute atomic E-state index is 11.5. The molecule has 19 heavy (non-hydrogen) atoms. The van der Waals surface area contributed by atoms with Crippen LogP contribution in [-0.4, -0.2) is 18.9 Å². The van der Waals surface area contributed by atoms with Crippen molar-refractivity contribution >= 4 is 62.5 Å². The number of cyclic esters (lactones) is 1. The number of benzene rings is 1. The van der Waals surface area contributed by atoms with Gasteiger partial charge in [-0.1, -0.05) is 46.4 Å². The predicted octanol–water partition coefficient (Wildman–Crippen LogP) is 0.0184. The summed E-state index contributed by atoms with van der Waals surface area (Å²) in [5.74, 6) is -1.10. The van der Waals surface area contributed by atoms with Crippen molar-refractivity contribution in [1.29, 1.82) is 0 Å². The zero-order valence-electron chi connectivity index (χ0n) is 9.04. The number of hydrogen-bond donors (Lipinski definition) is 0. The van der Waals surface area contributed by atoms with Gasteiger partial charge in [-0.3, -0.25) is 0 Å². The summed E-state index contributed by atoms with van der Waals surface area (Å²) in [7, 11) is -4.96. The second-order valence-electron chi connectivity index (χ2n) is 3.27. The summed E-state index contributed by atoms with van der Waals surface area (Å²) in [5.41, 5.74) is -2.81. The van der Waals surface area contributed by atoms with Crippen LogP contribution in [0.25, 0.3) is 0 Å². The molecular formula is C8HCl4NaO5S. The smallest absolute Gasteiger partial charge is 0.745 e. The Labute approximate surface area is 150 Å². The van der Waals surface area contributed by atoms with E-state index in [0.29, 0.717) is 0 Å². The first-order valence-corrected chi connectivity index (χ1v) is 7.16. The van der Waals surface area contributed by atoms with Crippen LogP contribution >= 0.6 is 46.4 Å². The number of hydrogen-bond acceptors (Lipinski definition) is 5. The molecule has 1 unspecified atom stereocenters. The van der Waals surface area contributed by atoms with Crippen molar-refractivity contribution < 1.29 is 52.1 Å². The Morgan fingerprint density at radius 3 is 1.95 bits per heavy atom. The summed E-state index contributed by atoms with van der Waals surface area (Å²) >= 11 is 23.0. The van der Waals surface area contributed by atoms with Crippen molar-refractivity contribution in [2.24, 2.45) is 0 Å². The van der Waals surface area contributed by atoms with Gasteiger partial charge in [0, 0.05) is 5.56 Å². The van der Waals surface area contributed by atoms with Gasteiger partial charge in [-0.05, 0) is 0 Å². The fraction of sp³-hybridized carbons (Fsp3) is 0.125. The van der Waals surface area contributed by atoms with Crippen LogP contribution in [0.4, 0.5) is 0 Å². The maximum atomic E-state index is 11.5. The second kappa shape index (κ2) is 5.87. The molecule has 0 fully saturated rings. The van der Waals surface area contributed by atoms with Gasteiger partial charge in [-0.2, -0.15) is 0 Å². The molecule has 0 N–H and O–H groups in total. The van der Waals surface area contributed by atoms with E-state index in [1.54, 1.807) is 0 Å². The molecule has 1 heterocycles. The first-order valence-electron chi connectivity index (χ1n) is 4.17. The van der Waals surface area contributed by atoms with Gasteiger partial charge in [0.05, 0.1) is 25.7 Å². The van der Waals surface area contributed by atoms with E-state index in [0.717, 1.165) is 0 Å². The molecule has 0 bridgehead atoms. The van der Waals surface area contributed by atoms with E-state index in [1.807, 2.05) is 0 Å². The molecule has 0 saturated heterocycles. The first kappa shape index (κ1) is 17.8. The van der Waals surface area contributed by atoms with Gasteiger partial charge in [0.1, 0.15) is 10.1 Å². The fourth-order valence-corrected chi connectivity index (χ4v) is 3.33. The summed E-state index contributed by atoms with van der Waals surface area (Å²) in [6.45, 7) is 0. The number of esters is 1. The van der Waals surface area contributed by atoms with Gasteiger partial charge >= 0.3 is 35.5 Å². The summed E-state index contributed by atoms with van der Waals surface area (Å²) in [5, 5.41) is -1.13. The molecular weight excluding hydrogens is 373 g/mol. The molecule has 0 spiro atoms. The second-order valence-corrected chi connectivity index (χ2v) is 6.20. The van der Waals surface area contributed by atoms with Gasteiger partial charge in [0.25, 0.3) is 0 Å². The Bertz CT molecular complexity index is 674. The van der Waals surface area contributed by atoms with E-state index in [-0.39, 0.29) is 60.8 Å². The summed E-state index contributed by atoms with van der Waals surface area (Å²) < 4.78 is 37.4. The van der Waals surface area contributed by atoms with Crippen molar-refractivity contribution in [2.75, 3.05) is 0 Å². The SMILES string of the molecule is O=C1OC(S(=O)(=O)[O-])c2c(Cl)c(Cl)c(Cl)c(Cl)c21.[Na+]. The monoisotopic (exact) mass is 372 g/mol. The van der Waals surface area contributed by atoms with Crippen LogP contribution in [-0.2, 0) is 14.9 Å². The molecule has 1 aromatic rings. The van der Waals surface area contributed by atoms with Crippen molar-refractivity contribution in [2.45, 2.75) is 5.44 Å². The third-order valence-corrected chi connectivity index (χ3v) is 4.89.